The first-order valence-corrected chi connectivity index (χ1v) is 7.35. The van der Waals surface area contributed by atoms with Crippen LogP contribution in [0.4, 0.5) is 4.39 Å². The molecule has 21 heavy (non-hydrogen) atoms. The highest BCUT2D eigenvalue weighted by atomic mass is 19.1. The second-order valence-corrected chi connectivity index (χ2v) is 5.85. The van der Waals surface area contributed by atoms with Crippen molar-refractivity contribution in [1.82, 2.24) is 9.80 Å². The van der Waals surface area contributed by atoms with Gasteiger partial charge in [-0.1, -0.05) is 6.07 Å². The number of nitrogens with zero attached hydrogens (tertiary/aromatic N) is 2. The Labute approximate surface area is 125 Å². The molecule has 1 aliphatic heterocycles. The van der Waals surface area contributed by atoms with Crippen LogP contribution in [-0.2, 0) is 4.79 Å². The summed E-state index contributed by atoms with van der Waals surface area (Å²) in [5.41, 5.74) is 0. The molecule has 1 aliphatic rings. The first-order valence-electron chi connectivity index (χ1n) is 7.35. The molecule has 0 aliphatic carbocycles. The molecular formula is C16H23FN2O2. The lowest BCUT2D eigenvalue weighted by molar-refractivity contribution is -0.133. The fraction of sp³-hybridized carbons (Fsp3) is 0.562. The van der Waals surface area contributed by atoms with Crippen LogP contribution >= 0.6 is 0 Å². The van der Waals surface area contributed by atoms with Crippen molar-refractivity contribution in [3.8, 4) is 5.75 Å². The van der Waals surface area contributed by atoms with Crippen LogP contribution in [-0.4, -0.2) is 56.0 Å². The van der Waals surface area contributed by atoms with Crippen LogP contribution in [0.3, 0.4) is 0 Å². The molecule has 0 radical (unpaired) electrons. The summed E-state index contributed by atoms with van der Waals surface area (Å²) in [6.07, 6.45) is 2.04. The van der Waals surface area contributed by atoms with E-state index >= 15 is 0 Å². The molecule has 1 fully saturated rings. The molecule has 0 spiro atoms. The summed E-state index contributed by atoms with van der Waals surface area (Å²) in [7, 11) is 3.79. The number of hydrogen-bond donors (Lipinski definition) is 0. The summed E-state index contributed by atoms with van der Waals surface area (Å²) >= 11 is 0. The summed E-state index contributed by atoms with van der Waals surface area (Å²) in [6.45, 7) is 2.51. The molecule has 1 aromatic carbocycles. The predicted molar refractivity (Wildman–Crippen MR) is 79.8 cm³/mol. The lowest BCUT2D eigenvalue weighted by Gasteiger charge is -2.33. The summed E-state index contributed by atoms with van der Waals surface area (Å²) in [6, 6.07) is 6.17. The lowest BCUT2D eigenvalue weighted by atomic mass is 9.99. The SMILES string of the molecule is CN(C)CC(=O)N1CCC[C@H](COc2cccc(F)c2)C1. The van der Waals surface area contributed by atoms with E-state index in [-0.39, 0.29) is 11.7 Å². The fourth-order valence-electron chi connectivity index (χ4n) is 2.57. The maximum absolute atomic E-state index is 13.1. The van der Waals surface area contributed by atoms with E-state index in [1.54, 1.807) is 12.1 Å². The number of amides is 1. The van der Waals surface area contributed by atoms with Gasteiger partial charge in [-0.3, -0.25) is 4.79 Å². The van der Waals surface area contributed by atoms with Crippen LogP contribution in [0, 0.1) is 11.7 Å². The van der Waals surface area contributed by atoms with E-state index in [9.17, 15) is 9.18 Å². The van der Waals surface area contributed by atoms with E-state index in [1.807, 2.05) is 23.9 Å². The molecule has 1 saturated heterocycles. The minimum atomic E-state index is -0.293. The van der Waals surface area contributed by atoms with Crippen LogP contribution in [0.1, 0.15) is 12.8 Å². The number of ether oxygens (including phenoxy) is 1. The Morgan fingerprint density at radius 2 is 2.29 bits per heavy atom. The minimum Gasteiger partial charge on any atom is -0.493 e. The van der Waals surface area contributed by atoms with Crippen molar-refractivity contribution in [2.45, 2.75) is 12.8 Å². The van der Waals surface area contributed by atoms with Gasteiger partial charge in [0.1, 0.15) is 11.6 Å². The Morgan fingerprint density at radius 1 is 1.48 bits per heavy atom. The number of benzene rings is 1. The van der Waals surface area contributed by atoms with Gasteiger partial charge in [0, 0.05) is 25.1 Å². The third kappa shape index (κ3) is 5.01. The zero-order chi connectivity index (χ0) is 15.2. The Kier molecular flexibility index (Phi) is 5.56. The maximum atomic E-state index is 13.1. The standard InChI is InChI=1S/C16H23FN2O2/c1-18(2)11-16(20)19-8-4-5-13(10-19)12-21-15-7-3-6-14(17)9-15/h3,6-7,9,13H,4-5,8,10-12H2,1-2H3/t13-/m0/s1. The van der Waals surface area contributed by atoms with Gasteiger partial charge < -0.3 is 14.5 Å². The molecular weight excluding hydrogens is 271 g/mol. The van der Waals surface area contributed by atoms with Crippen LogP contribution in [0.25, 0.3) is 0 Å². The first kappa shape index (κ1) is 15.8. The highest BCUT2D eigenvalue weighted by Gasteiger charge is 2.24. The number of carbonyl (C=O) groups excluding carboxylic acids is 1. The highest BCUT2D eigenvalue weighted by molar-refractivity contribution is 5.78. The fourth-order valence-corrected chi connectivity index (χ4v) is 2.57. The minimum absolute atomic E-state index is 0.162. The highest BCUT2D eigenvalue weighted by Crippen LogP contribution is 2.19. The Balaban J connectivity index is 1.82. The van der Waals surface area contributed by atoms with Crippen molar-refractivity contribution in [3.05, 3.63) is 30.1 Å². The summed E-state index contributed by atoms with van der Waals surface area (Å²) in [5, 5.41) is 0. The van der Waals surface area contributed by atoms with Crippen LogP contribution in [0.2, 0.25) is 0 Å². The third-order valence-corrected chi connectivity index (χ3v) is 3.60. The van der Waals surface area contributed by atoms with E-state index in [0.717, 1.165) is 25.9 Å². The van der Waals surface area contributed by atoms with Gasteiger partial charge in [0.25, 0.3) is 0 Å². The summed E-state index contributed by atoms with van der Waals surface area (Å²) in [4.78, 5) is 15.9. The van der Waals surface area contributed by atoms with Crippen molar-refractivity contribution < 1.29 is 13.9 Å². The van der Waals surface area contributed by atoms with Gasteiger partial charge in [-0.05, 0) is 39.1 Å². The van der Waals surface area contributed by atoms with E-state index in [2.05, 4.69) is 0 Å². The number of likely N-dealkylation sites (N-methyl/N-ethyl adjacent to an activating group) is 1. The molecule has 116 valence electrons. The number of carbonyl (C=O) groups is 1. The molecule has 0 aromatic heterocycles. The third-order valence-electron chi connectivity index (χ3n) is 3.60. The zero-order valence-corrected chi connectivity index (χ0v) is 12.7. The molecule has 2 rings (SSSR count). The number of likely N-dealkylation sites (tertiary alicyclic amines) is 1. The van der Waals surface area contributed by atoms with E-state index in [1.165, 1.54) is 12.1 Å². The van der Waals surface area contributed by atoms with Gasteiger partial charge >= 0.3 is 0 Å². The molecule has 1 heterocycles. The van der Waals surface area contributed by atoms with Gasteiger partial charge in [0.2, 0.25) is 5.91 Å². The van der Waals surface area contributed by atoms with Crippen molar-refractivity contribution >= 4 is 5.91 Å². The molecule has 1 amide bonds. The number of rotatable bonds is 5. The van der Waals surface area contributed by atoms with Gasteiger partial charge in [0.05, 0.1) is 13.2 Å². The van der Waals surface area contributed by atoms with Gasteiger partial charge in [0.15, 0.2) is 0 Å². The smallest absolute Gasteiger partial charge is 0.236 e. The molecule has 0 unspecified atom stereocenters. The number of piperidine rings is 1. The molecule has 0 saturated carbocycles. The Hall–Kier alpha value is -1.62. The zero-order valence-electron chi connectivity index (χ0n) is 12.7. The normalized spacial score (nSPS) is 18.9. The summed E-state index contributed by atoms with van der Waals surface area (Å²) < 4.78 is 18.7. The second-order valence-electron chi connectivity index (χ2n) is 5.85. The Morgan fingerprint density at radius 3 is 3.00 bits per heavy atom. The van der Waals surface area contributed by atoms with Crippen molar-refractivity contribution in [2.24, 2.45) is 5.92 Å². The van der Waals surface area contributed by atoms with Crippen molar-refractivity contribution in [3.63, 3.8) is 0 Å². The molecule has 4 nitrogen and oxygen atoms in total. The molecule has 0 N–H and O–H groups in total. The maximum Gasteiger partial charge on any atom is 0.236 e. The molecule has 1 aromatic rings. The molecule has 0 bridgehead atoms. The van der Waals surface area contributed by atoms with E-state index in [0.29, 0.717) is 24.8 Å². The summed E-state index contributed by atoms with van der Waals surface area (Å²) in [5.74, 6) is 0.731. The van der Waals surface area contributed by atoms with Crippen LogP contribution in [0.5, 0.6) is 5.75 Å². The van der Waals surface area contributed by atoms with E-state index < -0.39 is 0 Å². The van der Waals surface area contributed by atoms with Crippen molar-refractivity contribution in [2.75, 3.05) is 40.3 Å². The number of halogens is 1. The van der Waals surface area contributed by atoms with Crippen LogP contribution < -0.4 is 4.74 Å². The average Bonchev–Trinajstić information content (AvgIpc) is 2.45. The molecule has 5 heteroatoms. The van der Waals surface area contributed by atoms with Gasteiger partial charge in [-0.2, -0.15) is 0 Å². The van der Waals surface area contributed by atoms with Crippen LogP contribution in [0.15, 0.2) is 24.3 Å². The second kappa shape index (κ2) is 7.41. The Bertz CT molecular complexity index is 479. The van der Waals surface area contributed by atoms with Gasteiger partial charge in [-0.15, -0.1) is 0 Å². The first-order chi connectivity index (χ1) is 10.0. The lowest BCUT2D eigenvalue weighted by Crippen LogP contribution is -2.44. The van der Waals surface area contributed by atoms with Gasteiger partial charge in [-0.25, -0.2) is 4.39 Å². The van der Waals surface area contributed by atoms with Crippen molar-refractivity contribution in [1.29, 1.82) is 0 Å². The monoisotopic (exact) mass is 294 g/mol. The predicted octanol–water partition coefficient (Wildman–Crippen LogP) is 2.00. The van der Waals surface area contributed by atoms with E-state index in [4.69, 9.17) is 4.74 Å². The number of hydrogen-bond acceptors (Lipinski definition) is 3. The molecule has 1 atom stereocenters. The quantitative estimate of drug-likeness (QED) is 0.833. The average molecular weight is 294 g/mol. The largest absolute Gasteiger partial charge is 0.493 e. The topological polar surface area (TPSA) is 32.8 Å².